The molecule has 0 aliphatic rings. The lowest BCUT2D eigenvalue weighted by Gasteiger charge is -2.15. The van der Waals surface area contributed by atoms with Gasteiger partial charge in [0.1, 0.15) is 0 Å². The van der Waals surface area contributed by atoms with E-state index in [4.69, 9.17) is 9.97 Å². The highest BCUT2D eigenvalue weighted by atomic mass is 14.9. The van der Waals surface area contributed by atoms with Gasteiger partial charge in [-0.05, 0) is 85.8 Å². The first kappa shape index (κ1) is 29.4. The number of hydrogen-bond donors (Lipinski definition) is 0. The predicted octanol–water partition coefficient (Wildman–Crippen LogP) is 12.2. The Morgan fingerprint density at radius 1 is 0.320 bits per heavy atom. The molecule has 0 unspecified atom stereocenters. The van der Waals surface area contributed by atoms with E-state index in [1.54, 1.807) is 0 Å². The lowest BCUT2D eigenvalue weighted by Crippen LogP contribution is -1.97. The first-order chi connectivity index (χ1) is 24.8. The van der Waals surface area contributed by atoms with Gasteiger partial charge in [-0.25, -0.2) is 9.97 Å². The fourth-order valence-electron chi connectivity index (χ4n) is 6.85. The van der Waals surface area contributed by atoms with E-state index in [0.717, 1.165) is 44.8 Å². The summed E-state index contributed by atoms with van der Waals surface area (Å²) in [6.45, 7) is 0. The number of hydrogen-bond acceptors (Lipinski definition) is 3. The number of aromatic nitrogens is 3. The summed E-state index contributed by atoms with van der Waals surface area (Å²) in [5.41, 5.74) is 11.5. The van der Waals surface area contributed by atoms with Crippen LogP contribution in [0.15, 0.2) is 188 Å². The van der Waals surface area contributed by atoms with Crippen molar-refractivity contribution in [2.75, 3.05) is 0 Å². The van der Waals surface area contributed by atoms with E-state index in [9.17, 15) is 0 Å². The summed E-state index contributed by atoms with van der Waals surface area (Å²) < 4.78 is 0. The highest BCUT2D eigenvalue weighted by Crippen LogP contribution is 2.39. The van der Waals surface area contributed by atoms with Crippen LogP contribution in [0.1, 0.15) is 0 Å². The molecule has 0 amide bonds. The maximum Gasteiger partial charge on any atom is 0.160 e. The molecule has 2 heterocycles. The second kappa shape index (κ2) is 12.7. The summed E-state index contributed by atoms with van der Waals surface area (Å²) >= 11 is 0. The Balaban J connectivity index is 1.26. The van der Waals surface area contributed by atoms with E-state index in [-0.39, 0.29) is 0 Å². The Kier molecular flexibility index (Phi) is 7.49. The minimum Gasteiger partial charge on any atom is -0.264 e. The predicted molar refractivity (Wildman–Crippen MR) is 207 cm³/mol. The molecule has 0 spiro atoms. The first-order valence-electron chi connectivity index (χ1n) is 16.8. The van der Waals surface area contributed by atoms with Crippen molar-refractivity contribution < 1.29 is 0 Å². The average molecular weight is 638 g/mol. The maximum absolute atomic E-state index is 5.22. The van der Waals surface area contributed by atoms with Crippen LogP contribution in [0.25, 0.3) is 88.8 Å². The lowest BCUT2D eigenvalue weighted by atomic mass is 9.90. The average Bonchev–Trinajstić information content (AvgIpc) is 3.21. The van der Waals surface area contributed by atoms with Gasteiger partial charge < -0.3 is 0 Å². The monoisotopic (exact) mass is 637 g/mol. The van der Waals surface area contributed by atoms with E-state index < -0.39 is 0 Å². The van der Waals surface area contributed by atoms with Gasteiger partial charge >= 0.3 is 0 Å². The van der Waals surface area contributed by atoms with Gasteiger partial charge in [0, 0.05) is 34.6 Å². The minimum atomic E-state index is 0.690. The summed E-state index contributed by atoms with van der Waals surface area (Å²) in [6.07, 6.45) is 3.74. The molecule has 7 aromatic carbocycles. The van der Waals surface area contributed by atoms with Crippen molar-refractivity contribution in [3.05, 3.63) is 188 Å². The molecule has 0 saturated heterocycles. The molecule has 9 rings (SSSR count). The normalized spacial score (nSPS) is 11.2. The second-order valence-electron chi connectivity index (χ2n) is 12.5. The molecular weight excluding hydrogens is 607 g/mol. The molecule has 0 N–H and O–H groups in total. The Morgan fingerprint density at radius 2 is 0.880 bits per heavy atom. The summed E-state index contributed by atoms with van der Waals surface area (Å²) in [5, 5.41) is 4.92. The summed E-state index contributed by atoms with van der Waals surface area (Å²) in [5.74, 6) is 0.690. The van der Waals surface area contributed by atoms with Crippen molar-refractivity contribution in [3.63, 3.8) is 0 Å². The van der Waals surface area contributed by atoms with Crippen LogP contribution in [-0.4, -0.2) is 15.0 Å². The molecule has 0 atom stereocenters. The third kappa shape index (κ3) is 5.61. The largest absolute Gasteiger partial charge is 0.264 e. The van der Waals surface area contributed by atoms with Gasteiger partial charge in [0.2, 0.25) is 0 Å². The van der Waals surface area contributed by atoms with Crippen LogP contribution in [0.2, 0.25) is 0 Å². The van der Waals surface area contributed by atoms with Crippen LogP contribution in [-0.2, 0) is 0 Å². The van der Waals surface area contributed by atoms with E-state index in [1.807, 2.05) is 42.7 Å². The third-order valence-electron chi connectivity index (χ3n) is 9.35. The van der Waals surface area contributed by atoms with Crippen molar-refractivity contribution in [3.8, 4) is 67.3 Å². The van der Waals surface area contributed by atoms with Crippen LogP contribution in [0, 0.1) is 0 Å². The van der Waals surface area contributed by atoms with Gasteiger partial charge in [-0.2, -0.15) is 0 Å². The van der Waals surface area contributed by atoms with Crippen LogP contribution in [0.4, 0.5) is 0 Å². The number of pyridine rings is 1. The Bertz CT molecular complexity index is 2610. The fraction of sp³-hybridized carbons (Fsp3) is 0. The lowest BCUT2D eigenvalue weighted by molar-refractivity contribution is 1.18. The van der Waals surface area contributed by atoms with Gasteiger partial charge in [0.25, 0.3) is 0 Å². The molecule has 234 valence electrons. The zero-order valence-corrected chi connectivity index (χ0v) is 27.2. The molecule has 3 nitrogen and oxygen atoms in total. The molecule has 3 heteroatoms. The van der Waals surface area contributed by atoms with E-state index >= 15 is 0 Å². The van der Waals surface area contributed by atoms with Crippen molar-refractivity contribution in [1.82, 2.24) is 15.0 Å². The minimum absolute atomic E-state index is 0.690. The summed E-state index contributed by atoms with van der Waals surface area (Å²) in [6, 6.07) is 62.0. The van der Waals surface area contributed by atoms with Crippen molar-refractivity contribution in [2.45, 2.75) is 0 Å². The molecule has 0 saturated carbocycles. The maximum atomic E-state index is 5.22. The van der Waals surface area contributed by atoms with Gasteiger partial charge in [-0.1, -0.05) is 140 Å². The molecular formula is C47H31N3. The van der Waals surface area contributed by atoms with E-state index in [2.05, 4.69) is 151 Å². The number of rotatable bonds is 6. The Labute approximate surface area is 291 Å². The summed E-state index contributed by atoms with van der Waals surface area (Å²) in [7, 11) is 0. The molecule has 9 aromatic rings. The molecule has 2 aromatic heterocycles. The van der Waals surface area contributed by atoms with Crippen LogP contribution < -0.4 is 0 Å². The van der Waals surface area contributed by atoms with Crippen molar-refractivity contribution >= 4 is 21.5 Å². The molecule has 0 aliphatic carbocycles. The van der Waals surface area contributed by atoms with Crippen LogP contribution in [0.3, 0.4) is 0 Å². The third-order valence-corrected chi connectivity index (χ3v) is 9.35. The van der Waals surface area contributed by atoms with Gasteiger partial charge in [-0.3, -0.25) is 4.98 Å². The van der Waals surface area contributed by atoms with E-state index in [1.165, 1.54) is 38.2 Å². The van der Waals surface area contributed by atoms with Crippen molar-refractivity contribution in [1.29, 1.82) is 0 Å². The number of nitrogens with zero attached hydrogens (tertiary/aromatic N) is 3. The number of benzene rings is 7. The van der Waals surface area contributed by atoms with E-state index in [0.29, 0.717) is 5.82 Å². The zero-order valence-electron chi connectivity index (χ0n) is 27.2. The molecule has 50 heavy (non-hydrogen) atoms. The first-order valence-corrected chi connectivity index (χ1v) is 16.8. The van der Waals surface area contributed by atoms with Crippen molar-refractivity contribution in [2.24, 2.45) is 0 Å². The zero-order chi connectivity index (χ0) is 33.3. The van der Waals surface area contributed by atoms with Gasteiger partial charge in [-0.15, -0.1) is 0 Å². The van der Waals surface area contributed by atoms with Gasteiger partial charge in [0.15, 0.2) is 5.82 Å². The number of fused-ring (bicyclic) bond motifs is 3. The second-order valence-corrected chi connectivity index (χ2v) is 12.5. The van der Waals surface area contributed by atoms with Crippen LogP contribution >= 0.6 is 0 Å². The van der Waals surface area contributed by atoms with Crippen LogP contribution in [0.5, 0.6) is 0 Å². The quantitative estimate of drug-likeness (QED) is 0.170. The summed E-state index contributed by atoms with van der Waals surface area (Å²) in [4.78, 5) is 14.8. The Morgan fingerprint density at radius 3 is 1.62 bits per heavy atom. The molecule has 0 aliphatic heterocycles. The highest BCUT2D eigenvalue weighted by molar-refractivity contribution is 6.14. The molecule has 0 radical (unpaired) electrons. The standard InChI is InChI=1S/C47H31N3/c1-3-12-32(13-4-1)33-21-23-34(24-22-33)45-30-46(50-47(49-45)35-14-5-2-6-15-35)40-27-38(37-17-11-25-48-31-37)26-39(28-40)44-29-36-16-7-8-18-41(36)42-19-9-10-20-43(42)44/h1-31H. The Hall–Kier alpha value is -6.71. The highest BCUT2D eigenvalue weighted by Gasteiger charge is 2.16. The van der Waals surface area contributed by atoms with Gasteiger partial charge in [0.05, 0.1) is 11.4 Å². The SMILES string of the molecule is c1ccc(-c2ccc(-c3cc(-c4cc(-c5cccnc5)cc(-c5cc6ccccc6c6ccccc56)c4)nc(-c4ccccc4)n3)cc2)cc1. The topological polar surface area (TPSA) is 38.7 Å². The molecule has 0 bridgehead atoms. The molecule has 0 fully saturated rings. The smallest absolute Gasteiger partial charge is 0.160 e. The fourth-order valence-corrected chi connectivity index (χ4v) is 6.85.